The van der Waals surface area contributed by atoms with Crippen LogP contribution in [0.4, 0.5) is 0 Å². The average molecular weight is 291 g/mol. The fourth-order valence-electron chi connectivity index (χ4n) is 1.93. The predicted octanol–water partition coefficient (Wildman–Crippen LogP) is 1.72. The van der Waals surface area contributed by atoms with Gasteiger partial charge in [0.2, 0.25) is 10.0 Å². The first kappa shape index (κ1) is 14.2. The average Bonchev–Trinajstić information content (AvgIpc) is 2.42. The van der Waals surface area contributed by atoms with E-state index in [4.69, 9.17) is 9.88 Å². The normalized spacial score (nSPS) is 11.2. The molecule has 0 amide bonds. The molecule has 0 aliphatic heterocycles. The first-order valence-corrected chi connectivity index (χ1v) is 7.30. The summed E-state index contributed by atoms with van der Waals surface area (Å²) in [5.41, 5.74) is 0.362. The summed E-state index contributed by atoms with van der Waals surface area (Å²) in [7, 11) is -3.90. The highest BCUT2D eigenvalue weighted by molar-refractivity contribution is 7.89. The summed E-state index contributed by atoms with van der Waals surface area (Å²) in [5.74, 6) is -0.627. The number of hydrogen-bond acceptors (Lipinski definition) is 4. The Bertz CT molecular complexity index is 781. The molecule has 0 fully saturated rings. The van der Waals surface area contributed by atoms with E-state index in [0.29, 0.717) is 10.9 Å². The van der Waals surface area contributed by atoms with Crippen molar-refractivity contribution in [1.82, 2.24) is 0 Å². The molecule has 0 heterocycles. The monoisotopic (exact) mass is 291 g/mol. The van der Waals surface area contributed by atoms with Crippen molar-refractivity contribution in [3.05, 3.63) is 54.6 Å². The highest BCUT2D eigenvalue weighted by Gasteiger charge is 2.17. The van der Waals surface area contributed by atoms with Crippen molar-refractivity contribution in [3.8, 4) is 0 Å². The minimum atomic E-state index is -3.90. The molecule has 0 atom stereocenters. The van der Waals surface area contributed by atoms with Crippen molar-refractivity contribution in [3.63, 3.8) is 0 Å². The van der Waals surface area contributed by atoms with Gasteiger partial charge in [0.05, 0.1) is 4.90 Å². The van der Waals surface area contributed by atoms with Crippen LogP contribution in [0.25, 0.3) is 10.8 Å². The van der Waals surface area contributed by atoms with Gasteiger partial charge in [0.25, 0.3) is 0 Å². The first-order valence-electron chi connectivity index (χ1n) is 5.76. The number of sulfonamides is 1. The SMILES string of the molecule is C=CC(=O)OCc1c(S(N)(=O)=O)ccc2ccccc12. The van der Waals surface area contributed by atoms with E-state index in [2.05, 4.69) is 6.58 Å². The molecular weight excluding hydrogens is 278 g/mol. The lowest BCUT2D eigenvalue weighted by Gasteiger charge is -2.11. The summed E-state index contributed by atoms with van der Waals surface area (Å²) >= 11 is 0. The van der Waals surface area contributed by atoms with E-state index in [1.807, 2.05) is 12.1 Å². The third-order valence-electron chi connectivity index (χ3n) is 2.83. The summed E-state index contributed by atoms with van der Waals surface area (Å²) in [5, 5.41) is 6.71. The van der Waals surface area contributed by atoms with E-state index in [1.54, 1.807) is 18.2 Å². The van der Waals surface area contributed by atoms with Crippen molar-refractivity contribution in [1.29, 1.82) is 0 Å². The van der Waals surface area contributed by atoms with E-state index in [0.717, 1.165) is 11.5 Å². The lowest BCUT2D eigenvalue weighted by atomic mass is 10.1. The number of esters is 1. The number of nitrogens with two attached hydrogens (primary N) is 1. The molecule has 0 bridgehead atoms. The van der Waals surface area contributed by atoms with Crippen molar-refractivity contribution >= 4 is 26.8 Å². The smallest absolute Gasteiger partial charge is 0.330 e. The fourth-order valence-corrected chi connectivity index (χ4v) is 2.70. The number of ether oxygens (including phenoxy) is 1. The molecule has 0 saturated heterocycles. The van der Waals surface area contributed by atoms with Crippen LogP contribution in [0, 0.1) is 0 Å². The molecule has 20 heavy (non-hydrogen) atoms. The van der Waals surface area contributed by atoms with Crippen LogP contribution < -0.4 is 5.14 Å². The van der Waals surface area contributed by atoms with Gasteiger partial charge in [-0.2, -0.15) is 0 Å². The molecule has 0 aliphatic rings. The number of benzene rings is 2. The summed E-state index contributed by atoms with van der Waals surface area (Å²) in [4.78, 5) is 11.1. The largest absolute Gasteiger partial charge is 0.458 e. The molecular formula is C14H13NO4S. The van der Waals surface area contributed by atoms with E-state index in [9.17, 15) is 13.2 Å². The molecule has 0 radical (unpaired) electrons. The number of carbonyl (C=O) groups excluding carboxylic acids is 1. The molecule has 0 aliphatic carbocycles. The fraction of sp³-hybridized carbons (Fsp3) is 0.0714. The summed E-state index contributed by atoms with van der Waals surface area (Å²) in [6, 6.07) is 10.3. The minimum absolute atomic E-state index is 0.0481. The number of primary sulfonamides is 1. The Kier molecular flexibility index (Phi) is 3.87. The first-order chi connectivity index (χ1) is 9.43. The number of carbonyl (C=O) groups is 1. The third-order valence-corrected chi connectivity index (χ3v) is 3.83. The Morgan fingerprint density at radius 1 is 1.25 bits per heavy atom. The molecule has 2 aromatic rings. The number of fused-ring (bicyclic) bond motifs is 1. The summed E-state index contributed by atoms with van der Waals surface area (Å²) in [6.45, 7) is 3.11. The Morgan fingerprint density at radius 2 is 1.95 bits per heavy atom. The molecule has 0 aromatic heterocycles. The van der Waals surface area contributed by atoms with Crippen LogP contribution in [0.1, 0.15) is 5.56 Å². The maximum absolute atomic E-state index is 11.6. The van der Waals surface area contributed by atoms with Gasteiger partial charge in [0, 0.05) is 11.6 Å². The maximum Gasteiger partial charge on any atom is 0.330 e. The highest BCUT2D eigenvalue weighted by atomic mass is 32.2. The topological polar surface area (TPSA) is 86.5 Å². The summed E-state index contributed by atoms with van der Waals surface area (Å²) in [6.07, 6.45) is 1.02. The van der Waals surface area contributed by atoms with Gasteiger partial charge < -0.3 is 4.74 Å². The Balaban J connectivity index is 2.62. The highest BCUT2D eigenvalue weighted by Crippen LogP contribution is 2.26. The van der Waals surface area contributed by atoms with Crippen LogP contribution in [0.15, 0.2) is 53.9 Å². The van der Waals surface area contributed by atoms with Crippen LogP contribution in [-0.2, 0) is 26.2 Å². The van der Waals surface area contributed by atoms with Crippen molar-refractivity contribution in [2.45, 2.75) is 11.5 Å². The van der Waals surface area contributed by atoms with Gasteiger partial charge in [-0.3, -0.25) is 0 Å². The molecule has 6 heteroatoms. The minimum Gasteiger partial charge on any atom is -0.458 e. The number of rotatable bonds is 4. The molecule has 5 nitrogen and oxygen atoms in total. The second kappa shape index (κ2) is 5.44. The maximum atomic E-state index is 11.6. The van der Waals surface area contributed by atoms with Gasteiger partial charge in [0.1, 0.15) is 6.61 Å². The van der Waals surface area contributed by atoms with E-state index in [-0.39, 0.29) is 11.5 Å². The Morgan fingerprint density at radius 3 is 2.60 bits per heavy atom. The van der Waals surface area contributed by atoms with E-state index in [1.165, 1.54) is 6.07 Å². The van der Waals surface area contributed by atoms with Gasteiger partial charge in [-0.15, -0.1) is 0 Å². The lowest BCUT2D eigenvalue weighted by molar-refractivity contribution is -0.139. The standard InChI is InChI=1S/C14H13NO4S/c1-2-14(16)19-9-12-11-6-4-3-5-10(11)7-8-13(12)20(15,17)18/h2-8H,1,9H2,(H2,15,17,18). The molecule has 2 rings (SSSR count). The number of hydrogen-bond donors (Lipinski definition) is 1. The Labute approximate surface area is 116 Å². The van der Waals surface area contributed by atoms with Crippen LogP contribution in [-0.4, -0.2) is 14.4 Å². The predicted molar refractivity (Wildman–Crippen MR) is 75.3 cm³/mol. The molecule has 2 N–H and O–H groups in total. The zero-order valence-corrected chi connectivity index (χ0v) is 11.4. The van der Waals surface area contributed by atoms with Gasteiger partial charge in [-0.1, -0.05) is 36.9 Å². The molecule has 2 aromatic carbocycles. The van der Waals surface area contributed by atoms with Crippen LogP contribution in [0.3, 0.4) is 0 Å². The van der Waals surface area contributed by atoms with Crippen molar-refractivity contribution in [2.24, 2.45) is 5.14 Å². The third kappa shape index (κ3) is 2.87. The van der Waals surface area contributed by atoms with Gasteiger partial charge in [0.15, 0.2) is 0 Å². The second-order valence-corrected chi connectivity index (χ2v) is 5.65. The van der Waals surface area contributed by atoms with Crippen LogP contribution >= 0.6 is 0 Å². The van der Waals surface area contributed by atoms with Crippen LogP contribution in [0.5, 0.6) is 0 Å². The zero-order chi connectivity index (χ0) is 14.8. The van der Waals surface area contributed by atoms with Gasteiger partial charge in [-0.05, 0) is 16.8 Å². The van der Waals surface area contributed by atoms with Crippen molar-refractivity contribution < 1.29 is 17.9 Å². The zero-order valence-electron chi connectivity index (χ0n) is 10.6. The van der Waals surface area contributed by atoms with E-state index < -0.39 is 16.0 Å². The van der Waals surface area contributed by atoms with Gasteiger partial charge >= 0.3 is 5.97 Å². The lowest BCUT2D eigenvalue weighted by Crippen LogP contribution is -2.15. The quantitative estimate of drug-likeness (QED) is 0.686. The summed E-state index contributed by atoms with van der Waals surface area (Å²) < 4.78 is 28.2. The van der Waals surface area contributed by atoms with E-state index >= 15 is 0 Å². The van der Waals surface area contributed by atoms with Gasteiger partial charge in [-0.25, -0.2) is 18.4 Å². The van der Waals surface area contributed by atoms with Crippen molar-refractivity contribution in [2.75, 3.05) is 0 Å². The molecule has 0 unspecified atom stereocenters. The molecule has 104 valence electrons. The Hall–Kier alpha value is -2.18. The van der Waals surface area contributed by atoms with Crippen LogP contribution in [0.2, 0.25) is 0 Å². The molecule has 0 saturated carbocycles. The second-order valence-electron chi connectivity index (χ2n) is 4.12. The molecule has 0 spiro atoms.